The zero-order chi connectivity index (χ0) is 13.9. The van der Waals surface area contributed by atoms with E-state index in [-0.39, 0.29) is 0 Å². The summed E-state index contributed by atoms with van der Waals surface area (Å²) in [5.41, 5.74) is 7.48. The number of nitrogens with two attached hydrogens (primary N) is 1. The molecule has 0 amide bonds. The van der Waals surface area contributed by atoms with E-state index in [0.717, 1.165) is 34.4 Å². The highest BCUT2D eigenvalue weighted by Gasteiger charge is 2.26. The van der Waals surface area contributed by atoms with E-state index in [0.29, 0.717) is 11.8 Å². The van der Waals surface area contributed by atoms with Crippen molar-refractivity contribution in [2.75, 3.05) is 13.2 Å². The number of fused-ring (bicyclic) bond motifs is 1. The van der Waals surface area contributed by atoms with Gasteiger partial charge >= 0.3 is 0 Å². The van der Waals surface area contributed by atoms with E-state index in [4.69, 9.17) is 10.5 Å². The summed E-state index contributed by atoms with van der Waals surface area (Å²) in [5, 5.41) is 0. The highest BCUT2D eigenvalue weighted by molar-refractivity contribution is 9.10. The quantitative estimate of drug-likeness (QED) is 0.932. The normalized spacial score (nSPS) is 22.3. The minimum absolute atomic E-state index is 0.568. The average molecular weight is 336 g/mol. The van der Waals surface area contributed by atoms with Crippen molar-refractivity contribution in [3.8, 4) is 5.75 Å². The van der Waals surface area contributed by atoms with Crippen LogP contribution in [0.15, 0.2) is 29.0 Å². The van der Waals surface area contributed by atoms with Crippen molar-refractivity contribution in [2.45, 2.75) is 19.3 Å². The molecule has 0 spiro atoms. The van der Waals surface area contributed by atoms with Crippen molar-refractivity contribution in [1.29, 1.82) is 0 Å². The molecule has 106 valence electrons. The average Bonchev–Trinajstić information content (AvgIpc) is 2.92. The molecule has 2 aromatic rings. The Labute approximate surface area is 126 Å². The smallest absolute Gasteiger partial charge is 0.148 e. The van der Waals surface area contributed by atoms with E-state index in [1.54, 1.807) is 12.4 Å². The van der Waals surface area contributed by atoms with Crippen LogP contribution in [0.2, 0.25) is 0 Å². The van der Waals surface area contributed by atoms with E-state index >= 15 is 0 Å². The van der Waals surface area contributed by atoms with Crippen molar-refractivity contribution < 1.29 is 4.74 Å². The Morgan fingerprint density at radius 2 is 2.15 bits per heavy atom. The maximum Gasteiger partial charge on any atom is 0.148 e. The Morgan fingerprint density at radius 1 is 1.30 bits per heavy atom. The van der Waals surface area contributed by atoms with Gasteiger partial charge in [-0.2, -0.15) is 0 Å². The van der Waals surface area contributed by atoms with E-state index in [2.05, 4.69) is 25.9 Å². The first-order valence-corrected chi connectivity index (χ1v) is 7.80. The highest BCUT2D eigenvalue weighted by Crippen LogP contribution is 2.32. The number of hydrogen-bond donors (Lipinski definition) is 1. The Morgan fingerprint density at radius 3 is 3.00 bits per heavy atom. The van der Waals surface area contributed by atoms with Gasteiger partial charge in [0, 0.05) is 22.9 Å². The van der Waals surface area contributed by atoms with Crippen LogP contribution in [0.25, 0.3) is 11.0 Å². The van der Waals surface area contributed by atoms with Gasteiger partial charge in [0.25, 0.3) is 0 Å². The Balaban J connectivity index is 1.77. The lowest BCUT2D eigenvalue weighted by atomic mass is 9.97. The van der Waals surface area contributed by atoms with Crippen molar-refractivity contribution in [3.63, 3.8) is 0 Å². The molecule has 3 rings (SSSR count). The first-order chi connectivity index (χ1) is 9.78. The van der Waals surface area contributed by atoms with Crippen LogP contribution in [-0.2, 0) is 0 Å². The maximum atomic E-state index is 6.00. The van der Waals surface area contributed by atoms with Gasteiger partial charge in [0.2, 0.25) is 0 Å². The molecule has 0 radical (unpaired) electrons. The lowest BCUT2D eigenvalue weighted by molar-refractivity contribution is 0.218. The molecule has 20 heavy (non-hydrogen) atoms. The van der Waals surface area contributed by atoms with Crippen LogP contribution in [0.5, 0.6) is 5.75 Å². The van der Waals surface area contributed by atoms with Gasteiger partial charge < -0.3 is 10.5 Å². The summed E-state index contributed by atoms with van der Waals surface area (Å²) in [6.45, 7) is 1.48. The number of aromatic nitrogens is 2. The summed E-state index contributed by atoms with van der Waals surface area (Å²) >= 11 is 3.41. The predicted octanol–water partition coefficient (Wildman–Crippen LogP) is 3.15. The molecule has 2 heterocycles. The molecule has 1 fully saturated rings. The Kier molecular flexibility index (Phi) is 4.17. The lowest BCUT2D eigenvalue weighted by Crippen LogP contribution is -2.23. The van der Waals surface area contributed by atoms with E-state index in [9.17, 15) is 0 Å². The minimum Gasteiger partial charge on any atom is -0.491 e. The summed E-state index contributed by atoms with van der Waals surface area (Å²) in [7, 11) is 0. The molecule has 2 atom stereocenters. The fourth-order valence-corrected chi connectivity index (χ4v) is 3.26. The zero-order valence-corrected chi connectivity index (χ0v) is 12.8. The summed E-state index contributed by atoms with van der Waals surface area (Å²) in [5.74, 6) is 1.98. The van der Waals surface area contributed by atoms with Crippen LogP contribution in [0.1, 0.15) is 19.3 Å². The number of pyridine rings is 2. The second-order valence-electron chi connectivity index (χ2n) is 5.33. The van der Waals surface area contributed by atoms with E-state index in [1.807, 2.05) is 12.1 Å². The largest absolute Gasteiger partial charge is 0.491 e. The van der Waals surface area contributed by atoms with Gasteiger partial charge in [-0.1, -0.05) is 6.42 Å². The predicted molar refractivity (Wildman–Crippen MR) is 82.6 cm³/mol. The molecule has 0 bridgehead atoms. The monoisotopic (exact) mass is 335 g/mol. The second kappa shape index (κ2) is 6.06. The van der Waals surface area contributed by atoms with Gasteiger partial charge in [-0.15, -0.1) is 0 Å². The molecule has 5 heteroatoms. The van der Waals surface area contributed by atoms with Gasteiger partial charge in [0.05, 0.1) is 12.1 Å². The van der Waals surface area contributed by atoms with Crippen LogP contribution in [0, 0.1) is 11.8 Å². The first kappa shape index (κ1) is 13.8. The van der Waals surface area contributed by atoms with Crippen molar-refractivity contribution in [2.24, 2.45) is 17.6 Å². The molecule has 4 nitrogen and oxygen atoms in total. The van der Waals surface area contributed by atoms with Crippen molar-refractivity contribution in [3.05, 3.63) is 29.0 Å². The topological polar surface area (TPSA) is 61.0 Å². The fraction of sp³-hybridized carbons (Fsp3) is 0.467. The number of nitrogens with zero attached hydrogens (tertiary/aromatic N) is 2. The molecule has 0 aromatic carbocycles. The number of halogens is 1. The lowest BCUT2D eigenvalue weighted by Gasteiger charge is -2.18. The minimum atomic E-state index is 0.568. The molecule has 0 aliphatic heterocycles. The summed E-state index contributed by atoms with van der Waals surface area (Å²) < 4.78 is 6.93. The van der Waals surface area contributed by atoms with Crippen molar-refractivity contribution >= 4 is 27.0 Å². The first-order valence-electron chi connectivity index (χ1n) is 7.01. The standard InChI is InChI=1S/C15H18BrN3O/c16-12-6-13-15(19-8-12)14(4-5-18-13)20-9-11-3-1-2-10(11)7-17/h4-6,8,10-11H,1-3,7,9,17H2. The van der Waals surface area contributed by atoms with Gasteiger partial charge in [-0.25, -0.2) is 4.98 Å². The maximum absolute atomic E-state index is 6.00. The Bertz CT molecular complexity index is 605. The second-order valence-corrected chi connectivity index (χ2v) is 6.24. The van der Waals surface area contributed by atoms with E-state index < -0.39 is 0 Å². The summed E-state index contributed by atoms with van der Waals surface area (Å²) in [6.07, 6.45) is 7.24. The van der Waals surface area contributed by atoms with Gasteiger partial charge in [-0.3, -0.25) is 4.98 Å². The summed E-state index contributed by atoms with van der Waals surface area (Å²) in [4.78, 5) is 8.73. The zero-order valence-electron chi connectivity index (χ0n) is 11.3. The molecule has 2 aromatic heterocycles. The molecule has 1 aliphatic carbocycles. The molecule has 0 saturated heterocycles. The molecule has 1 saturated carbocycles. The molecule has 2 unspecified atom stereocenters. The summed E-state index contributed by atoms with van der Waals surface area (Å²) in [6, 6.07) is 3.84. The van der Waals surface area contributed by atoms with Gasteiger partial charge in [0.15, 0.2) is 0 Å². The van der Waals surface area contributed by atoms with Crippen LogP contribution < -0.4 is 10.5 Å². The van der Waals surface area contributed by atoms with Crippen LogP contribution >= 0.6 is 15.9 Å². The fourth-order valence-electron chi connectivity index (χ4n) is 2.94. The van der Waals surface area contributed by atoms with Crippen LogP contribution in [0.3, 0.4) is 0 Å². The Hall–Kier alpha value is -1.20. The molecule has 1 aliphatic rings. The molecule has 2 N–H and O–H groups in total. The van der Waals surface area contributed by atoms with E-state index in [1.165, 1.54) is 19.3 Å². The van der Waals surface area contributed by atoms with Gasteiger partial charge in [-0.05, 0) is 53.2 Å². The third-order valence-electron chi connectivity index (χ3n) is 4.08. The third kappa shape index (κ3) is 2.79. The van der Waals surface area contributed by atoms with Crippen LogP contribution in [-0.4, -0.2) is 23.1 Å². The molecular formula is C15H18BrN3O. The highest BCUT2D eigenvalue weighted by atomic mass is 79.9. The molecular weight excluding hydrogens is 318 g/mol. The number of ether oxygens (including phenoxy) is 1. The van der Waals surface area contributed by atoms with Crippen molar-refractivity contribution in [1.82, 2.24) is 9.97 Å². The van der Waals surface area contributed by atoms with Crippen LogP contribution in [0.4, 0.5) is 0 Å². The third-order valence-corrected chi connectivity index (χ3v) is 4.51. The number of hydrogen-bond acceptors (Lipinski definition) is 4. The number of rotatable bonds is 4. The SMILES string of the molecule is NCC1CCCC1COc1ccnc2cc(Br)cnc12. The van der Waals surface area contributed by atoms with Gasteiger partial charge in [0.1, 0.15) is 11.3 Å².